The van der Waals surface area contributed by atoms with Crippen LogP contribution in [-0.2, 0) is 6.54 Å². The van der Waals surface area contributed by atoms with Crippen LogP contribution >= 0.6 is 23.2 Å². The van der Waals surface area contributed by atoms with E-state index in [2.05, 4.69) is 52.4 Å². The van der Waals surface area contributed by atoms with Crippen molar-refractivity contribution in [1.29, 1.82) is 0 Å². The first-order valence-corrected chi connectivity index (χ1v) is 12.2. The first-order chi connectivity index (χ1) is 16.1. The largest absolute Gasteiger partial charge is 0.466 e. The maximum atomic E-state index is 6.74. The lowest BCUT2D eigenvalue weighted by atomic mass is 9.90. The Morgan fingerprint density at radius 1 is 0.909 bits per heavy atom. The molecule has 3 aliphatic rings. The fraction of sp³-hybridized carbons (Fsp3) is 0.296. The van der Waals surface area contributed by atoms with E-state index in [0.29, 0.717) is 0 Å². The summed E-state index contributed by atoms with van der Waals surface area (Å²) in [6.45, 7) is 2.89. The summed E-state index contributed by atoms with van der Waals surface area (Å²) in [5.41, 5.74) is 4.20. The number of hydrazone groups is 1. The normalized spacial score (nSPS) is 21.3. The lowest BCUT2D eigenvalue weighted by molar-refractivity contribution is -0.150. The van der Waals surface area contributed by atoms with Crippen LogP contribution in [0, 0.1) is 0 Å². The number of rotatable bonds is 3. The van der Waals surface area contributed by atoms with Crippen LogP contribution < -0.4 is 4.74 Å². The molecule has 0 amide bonds. The number of likely N-dealkylation sites (tertiary alicyclic amines) is 1. The molecule has 0 aromatic heterocycles. The van der Waals surface area contributed by atoms with Gasteiger partial charge in [0.2, 0.25) is 5.72 Å². The van der Waals surface area contributed by atoms with Crippen LogP contribution in [-0.4, -0.2) is 34.4 Å². The molecule has 6 rings (SSSR count). The lowest BCUT2D eigenvalue weighted by Gasteiger charge is -2.51. The lowest BCUT2D eigenvalue weighted by Crippen LogP contribution is -2.59. The van der Waals surface area contributed by atoms with Crippen molar-refractivity contribution in [2.45, 2.75) is 37.6 Å². The van der Waals surface area contributed by atoms with Crippen LogP contribution in [0.4, 0.5) is 0 Å². The van der Waals surface area contributed by atoms with Gasteiger partial charge in [-0.3, -0.25) is 4.90 Å². The monoisotopic (exact) mass is 477 g/mol. The Labute approximate surface area is 204 Å². The molecule has 1 saturated heterocycles. The van der Waals surface area contributed by atoms with Gasteiger partial charge in [-0.2, -0.15) is 5.10 Å². The Kier molecular flexibility index (Phi) is 5.33. The van der Waals surface area contributed by atoms with Gasteiger partial charge >= 0.3 is 0 Å². The van der Waals surface area contributed by atoms with Crippen LogP contribution in [0.2, 0.25) is 10.0 Å². The van der Waals surface area contributed by atoms with Crippen molar-refractivity contribution >= 4 is 28.9 Å². The molecule has 1 fully saturated rings. The second-order valence-corrected chi connectivity index (χ2v) is 9.98. The summed E-state index contributed by atoms with van der Waals surface area (Å²) in [6, 6.07) is 24.7. The van der Waals surface area contributed by atoms with Crippen LogP contribution in [0.25, 0.3) is 0 Å². The van der Waals surface area contributed by atoms with Gasteiger partial charge in [-0.05, 0) is 41.5 Å². The van der Waals surface area contributed by atoms with E-state index in [1.807, 2.05) is 30.3 Å². The fourth-order valence-electron chi connectivity index (χ4n) is 5.30. The highest BCUT2D eigenvalue weighted by atomic mass is 35.5. The molecular formula is C27H25Cl2N3O. The average Bonchev–Trinajstić information content (AvgIpc) is 3.29. The van der Waals surface area contributed by atoms with E-state index >= 15 is 0 Å². The number of hydrogen-bond acceptors (Lipinski definition) is 4. The SMILES string of the molecule is Clc1ccc(C2=NN3[C@@H](C2)c2cc(Cl)ccc2OC32CCN(Cc3ccccc3)CC2)cc1. The smallest absolute Gasteiger partial charge is 0.200 e. The first-order valence-electron chi connectivity index (χ1n) is 11.5. The summed E-state index contributed by atoms with van der Waals surface area (Å²) in [4.78, 5) is 2.51. The molecule has 1 atom stereocenters. The highest BCUT2D eigenvalue weighted by Gasteiger charge is 2.51. The summed E-state index contributed by atoms with van der Waals surface area (Å²) in [7, 11) is 0. The summed E-state index contributed by atoms with van der Waals surface area (Å²) < 4.78 is 6.74. The maximum Gasteiger partial charge on any atom is 0.200 e. The third kappa shape index (κ3) is 3.90. The quantitative estimate of drug-likeness (QED) is 0.429. The van der Waals surface area contributed by atoms with Gasteiger partial charge in [-0.25, -0.2) is 5.01 Å². The van der Waals surface area contributed by atoms with Crippen molar-refractivity contribution in [3.05, 3.63) is 99.5 Å². The van der Waals surface area contributed by atoms with Crippen LogP contribution in [0.5, 0.6) is 5.75 Å². The predicted molar refractivity (Wildman–Crippen MR) is 133 cm³/mol. The highest BCUT2D eigenvalue weighted by Crippen LogP contribution is 2.50. The van der Waals surface area contributed by atoms with E-state index in [-0.39, 0.29) is 6.04 Å². The molecule has 3 aliphatic heterocycles. The number of nitrogens with zero attached hydrogens (tertiary/aromatic N) is 3. The summed E-state index contributed by atoms with van der Waals surface area (Å²) in [5.74, 6) is 0.935. The highest BCUT2D eigenvalue weighted by molar-refractivity contribution is 6.31. The van der Waals surface area contributed by atoms with E-state index in [1.165, 1.54) is 5.56 Å². The Morgan fingerprint density at radius 2 is 1.64 bits per heavy atom. The summed E-state index contributed by atoms with van der Waals surface area (Å²) >= 11 is 12.5. The van der Waals surface area contributed by atoms with Crippen molar-refractivity contribution < 1.29 is 4.74 Å². The second kappa shape index (κ2) is 8.35. The number of hydrogen-bond donors (Lipinski definition) is 0. The number of halogens is 2. The van der Waals surface area contributed by atoms with E-state index in [0.717, 1.165) is 71.5 Å². The van der Waals surface area contributed by atoms with Gasteiger partial charge < -0.3 is 4.74 Å². The van der Waals surface area contributed by atoms with Crippen molar-refractivity contribution in [3.8, 4) is 5.75 Å². The zero-order valence-electron chi connectivity index (χ0n) is 18.3. The third-order valence-electron chi connectivity index (χ3n) is 7.02. The summed E-state index contributed by atoms with van der Waals surface area (Å²) in [5, 5.41) is 8.84. The molecule has 0 saturated carbocycles. The Balaban J connectivity index is 1.31. The molecule has 3 aromatic rings. The van der Waals surface area contributed by atoms with Crippen molar-refractivity contribution in [2.24, 2.45) is 5.10 Å². The molecule has 4 nitrogen and oxygen atoms in total. The second-order valence-electron chi connectivity index (χ2n) is 9.11. The molecule has 3 heterocycles. The number of fused-ring (bicyclic) bond motifs is 4. The zero-order chi connectivity index (χ0) is 22.4. The van der Waals surface area contributed by atoms with Gasteiger partial charge in [0.15, 0.2) is 0 Å². The molecule has 33 heavy (non-hydrogen) atoms. The number of piperidine rings is 1. The average molecular weight is 478 g/mol. The fourth-order valence-corrected chi connectivity index (χ4v) is 5.61. The predicted octanol–water partition coefficient (Wildman–Crippen LogP) is 6.53. The Morgan fingerprint density at radius 3 is 2.39 bits per heavy atom. The number of ether oxygens (including phenoxy) is 1. The summed E-state index contributed by atoms with van der Waals surface area (Å²) in [6.07, 6.45) is 2.62. The molecule has 0 unspecified atom stereocenters. The maximum absolute atomic E-state index is 6.74. The molecule has 0 radical (unpaired) electrons. The van der Waals surface area contributed by atoms with Gasteiger partial charge in [0, 0.05) is 54.5 Å². The van der Waals surface area contributed by atoms with Gasteiger partial charge in [0.05, 0.1) is 11.8 Å². The molecule has 0 aliphatic carbocycles. The Bertz CT molecular complexity index is 1190. The van der Waals surface area contributed by atoms with Crippen molar-refractivity contribution in [2.75, 3.05) is 13.1 Å². The minimum atomic E-state index is -0.438. The van der Waals surface area contributed by atoms with E-state index in [9.17, 15) is 0 Å². The molecule has 0 bridgehead atoms. The molecule has 0 N–H and O–H groups in total. The van der Waals surface area contributed by atoms with Crippen molar-refractivity contribution in [1.82, 2.24) is 9.91 Å². The topological polar surface area (TPSA) is 28.1 Å². The minimum absolute atomic E-state index is 0.124. The van der Waals surface area contributed by atoms with Crippen LogP contribution in [0.1, 0.15) is 42.0 Å². The van der Waals surface area contributed by atoms with Gasteiger partial charge in [-0.1, -0.05) is 65.7 Å². The zero-order valence-corrected chi connectivity index (χ0v) is 19.8. The standard InChI is InChI=1S/C27H25Cl2N3O/c28-21-8-6-20(7-9-21)24-17-25-23-16-22(29)10-11-26(23)33-27(32(25)30-24)12-14-31(15-13-27)18-19-4-2-1-3-5-19/h1-11,16,25H,12-15,17-18H2/t25-/m0/s1. The van der Waals surface area contributed by atoms with E-state index < -0.39 is 5.72 Å². The third-order valence-corrected chi connectivity index (χ3v) is 7.51. The van der Waals surface area contributed by atoms with Crippen LogP contribution in [0.15, 0.2) is 77.9 Å². The molecular weight excluding hydrogens is 453 g/mol. The Hall–Kier alpha value is -2.53. The number of benzene rings is 3. The molecule has 6 heteroatoms. The molecule has 1 spiro atoms. The first kappa shape index (κ1) is 21.0. The van der Waals surface area contributed by atoms with Gasteiger partial charge in [0.25, 0.3) is 0 Å². The van der Waals surface area contributed by atoms with Crippen LogP contribution in [0.3, 0.4) is 0 Å². The van der Waals surface area contributed by atoms with E-state index in [4.69, 9.17) is 33.0 Å². The van der Waals surface area contributed by atoms with E-state index in [1.54, 1.807) is 0 Å². The van der Waals surface area contributed by atoms with Gasteiger partial charge in [-0.15, -0.1) is 0 Å². The molecule has 168 valence electrons. The van der Waals surface area contributed by atoms with Gasteiger partial charge in [0.1, 0.15) is 5.75 Å². The van der Waals surface area contributed by atoms with Crippen molar-refractivity contribution in [3.63, 3.8) is 0 Å². The molecule has 3 aromatic carbocycles. The minimum Gasteiger partial charge on any atom is -0.466 e.